The summed E-state index contributed by atoms with van der Waals surface area (Å²) in [6.45, 7) is 1.66. The number of ether oxygens (including phenoxy) is 3. The fourth-order valence-corrected chi connectivity index (χ4v) is 2.97. The second kappa shape index (κ2) is 8.75. The normalized spacial score (nSPS) is 11.7. The van der Waals surface area contributed by atoms with E-state index in [-0.39, 0.29) is 10.6 Å². The first-order valence-corrected chi connectivity index (χ1v) is 9.59. The van der Waals surface area contributed by atoms with Gasteiger partial charge in [0.25, 0.3) is 5.69 Å². The van der Waals surface area contributed by atoms with Crippen LogP contribution in [0.1, 0.15) is 12.5 Å². The lowest BCUT2D eigenvalue weighted by atomic mass is 10.1. The Morgan fingerprint density at radius 1 is 1.10 bits per heavy atom. The number of anilines is 1. The number of nitrogens with two attached hydrogens (primary N) is 1. The minimum Gasteiger partial charge on any atom is -0.493 e. The number of hydrogen-bond acceptors (Lipinski definition) is 9. The Morgan fingerprint density at radius 3 is 2.14 bits per heavy atom. The monoisotopic (exact) mass is 424 g/mol. The van der Waals surface area contributed by atoms with E-state index in [0.717, 1.165) is 12.1 Å². The zero-order valence-corrected chi connectivity index (χ0v) is 16.9. The van der Waals surface area contributed by atoms with Crippen LogP contribution >= 0.6 is 0 Å². The lowest BCUT2D eigenvalue weighted by Crippen LogP contribution is -2.12. The average molecular weight is 424 g/mol. The van der Waals surface area contributed by atoms with Gasteiger partial charge in [-0.1, -0.05) is 0 Å². The highest BCUT2D eigenvalue weighted by molar-refractivity contribution is 7.89. The van der Waals surface area contributed by atoms with Crippen molar-refractivity contribution in [3.8, 4) is 17.2 Å². The number of benzene rings is 2. The third-order valence-electron chi connectivity index (χ3n) is 3.92. The van der Waals surface area contributed by atoms with E-state index in [1.54, 1.807) is 19.1 Å². The molecule has 0 atom stereocenters. The van der Waals surface area contributed by atoms with Gasteiger partial charge in [-0.25, -0.2) is 13.6 Å². The number of nitrogens with zero attached hydrogens (tertiary/aromatic N) is 2. The fourth-order valence-electron chi connectivity index (χ4n) is 2.43. The molecule has 2 rings (SSSR count). The number of sulfonamides is 1. The molecular weight excluding hydrogens is 404 g/mol. The van der Waals surface area contributed by atoms with Gasteiger partial charge in [-0.2, -0.15) is 5.10 Å². The van der Waals surface area contributed by atoms with Crippen molar-refractivity contribution in [2.45, 2.75) is 11.8 Å². The van der Waals surface area contributed by atoms with Crippen molar-refractivity contribution >= 4 is 27.1 Å². The molecule has 3 N–H and O–H groups in total. The van der Waals surface area contributed by atoms with E-state index in [0.29, 0.717) is 28.5 Å². The number of nitrogens with one attached hydrogen (secondary N) is 1. The zero-order chi connectivity index (χ0) is 21.8. The van der Waals surface area contributed by atoms with E-state index in [4.69, 9.17) is 19.3 Å². The van der Waals surface area contributed by atoms with Crippen molar-refractivity contribution in [2.24, 2.45) is 10.2 Å². The first-order chi connectivity index (χ1) is 13.6. The standard InChI is InChI=1S/C17H20N4O7S/c1-10(11-7-15(26-2)17(28-4)16(8-11)27-3)19-20-13-6-5-12(29(18,24)25)9-14(13)21(22)23/h5-9,20H,1-4H3,(H2,18,24,25)/b19-10+. The maximum atomic E-state index is 11.4. The van der Waals surface area contributed by atoms with E-state index < -0.39 is 20.6 Å². The summed E-state index contributed by atoms with van der Waals surface area (Å²) in [5.41, 5.74) is 3.14. The molecule has 2 aromatic carbocycles. The van der Waals surface area contributed by atoms with Crippen molar-refractivity contribution in [1.82, 2.24) is 0 Å². The van der Waals surface area contributed by atoms with Gasteiger partial charge in [-0.05, 0) is 31.2 Å². The SMILES string of the molecule is COc1cc(/C(C)=N/Nc2ccc(S(N)(=O)=O)cc2[N+](=O)[O-])cc(OC)c1OC. The molecule has 0 unspecified atom stereocenters. The Hall–Kier alpha value is -3.38. The zero-order valence-electron chi connectivity index (χ0n) is 16.1. The number of nitro groups is 1. The highest BCUT2D eigenvalue weighted by Gasteiger charge is 2.19. The molecular formula is C17H20N4O7S. The van der Waals surface area contributed by atoms with Crippen LogP contribution < -0.4 is 24.8 Å². The number of primary sulfonamides is 1. The van der Waals surface area contributed by atoms with Gasteiger partial charge in [-0.15, -0.1) is 0 Å². The molecule has 0 saturated carbocycles. The van der Waals surface area contributed by atoms with Gasteiger partial charge >= 0.3 is 0 Å². The molecule has 29 heavy (non-hydrogen) atoms. The predicted octanol–water partition coefficient (Wildman–Crippen LogP) is 2.10. The molecule has 0 aliphatic carbocycles. The Kier molecular flexibility index (Phi) is 6.61. The number of rotatable bonds is 8. The van der Waals surface area contributed by atoms with E-state index in [1.165, 1.54) is 27.4 Å². The molecule has 0 saturated heterocycles. The van der Waals surface area contributed by atoms with Crippen LogP contribution in [0.3, 0.4) is 0 Å². The van der Waals surface area contributed by atoms with Crippen molar-refractivity contribution in [1.29, 1.82) is 0 Å². The minimum atomic E-state index is -4.08. The molecule has 0 aromatic heterocycles. The van der Waals surface area contributed by atoms with Gasteiger partial charge in [-0.3, -0.25) is 15.5 Å². The average Bonchev–Trinajstić information content (AvgIpc) is 2.69. The summed E-state index contributed by atoms with van der Waals surface area (Å²) < 4.78 is 38.7. The van der Waals surface area contributed by atoms with Crippen LogP contribution in [-0.2, 0) is 10.0 Å². The molecule has 0 amide bonds. The summed E-state index contributed by atoms with van der Waals surface area (Å²) >= 11 is 0. The van der Waals surface area contributed by atoms with E-state index in [1.807, 2.05) is 0 Å². The smallest absolute Gasteiger partial charge is 0.295 e. The van der Waals surface area contributed by atoms with Crippen LogP contribution in [0.5, 0.6) is 17.2 Å². The van der Waals surface area contributed by atoms with Gasteiger partial charge in [0.1, 0.15) is 5.69 Å². The van der Waals surface area contributed by atoms with Crippen LogP contribution in [0.2, 0.25) is 0 Å². The molecule has 0 heterocycles. The van der Waals surface area contributed by atoms with Gasteiger partial charge in [0, 0.05) is 11.6 Å². The summed E-state index contributed by atoms with van der Waals surface area (Å²) in [4.78, 5) is 10.2. The molecule has 156 valence electrons. The first-order valence-electron chi connectivity index (χ1n) is 8.04. The predicted molar refractivity (Wildman–Crippen MR) is 106 cm³/mol. The molecule has 12 heteroatoms. The quantitative estimate of drug-likeness (QED) is 0.371. The summed E-state index contributed by atoms with van der Waals surface area (Å²) in [5, 5.41) is 20.4. The van der Waals surface area contributed by atoms with E-state index >= 15 is 0 Å². The lowest BCUT2D eigenvalue weighted by molar-refractivity contribution is -0.384. The summed E-state index contributed by atoms with van der Waals surface area (Å²) in [7, 11) is 0.348. The Bertz CT molecular complexity index is 1040. The van der Waals surface area contributed by atoms with Gasteiger partial charge < -0.3 is 14.2 Å². The molecule has 0 aliphatic rings. The number of nitro benzene ring substituents is 1. The van der Waals surface area contributed by atoms with Crippen LogP contribution in [0, 0.1) is 10.1 Å². The topological polar surface area (TPSA) is 155 Å². The second-order valence-electron chi connectivity index (χ2n) is 5.70. The number of methoxy groups -OCH3 is 3. The molecule has 11 nitrogen and oxygen atoms in total. The maximum absolute atomic E-state index is 11.4. The van der Waals surface area contributed by atoms with E-state index in [2.05, 4.69) is 10.5 Å². The largest absolute Gasteiger partial charge is 0.493 e. The molecule has 0 bridgehead atoms. The first kappa shape index (κ1) is 21.9. The summed E-state index contributed by atoms with van der Waals surface area (Å²) in [5.74, 6) is 1.24. The third kappa shape index (κ3) is 4.92. The number of hydrazone groups is 1. The molecule has 0 aliphatic heterocycles. The van der Waals surface area contributed by atoms with Gasteiger partial charge in [0.15, 0.2) is 11.5 Å². The summed E-state index contributed by atoms with van der Waals surface area (Å²) in [6.07, 6.45) is 0. The molecule has 2 aromatic rings. The van der Waals surface area contributed by atoms with Crippen LogP contribution in [-0.4, -0.2) is 40.4 Å². The molecule has 0 fully saturated rings. The van der Waals surface area contributed by atoms with E-state index in [9.17, 15) is 18.5 Å². The fraction of sp³-hybridized carbons (Fsp3) is 0.235. The third-order valence-corrected chi connectivity index (χ3v) is 4.83. The summed E-state index contributed by atoms with van der Waals surface area (Å²) in [6, 6.07) is 6.56. The van der Waals surface area contributed by atoms with Gasteiger partial charge in [0.05, 0.1) is 36.9 Å². The second-order valence-corrected chi connectivity index (χ2v) is 7.27. The highest BCUT2D eigenvalue weighted by Crippen LogP contribution is 2.38. The van der Waals surface area contributed by atoms with Crippen LogP contribution in [0.4, 0.5) is 11.4 Å². The highest BCUT2D eigenvalue weighted by atomic mass is 32.2. The van der Waals surface area contributed by atoms with Gasteiger partial charge in [0.2, 0.25) is 15.8 Å². The Balaban J connectivity index is 2.43. The maximum Gasteiger partial charge on any atom is 0.295 e. The van der Waals surface area contributed by atoms with Crippen molar-refractivity contribution in [3.63, 3.8) is 0 Å². The van der Waals surface area contributed by atoms with Crippen molar-refractivity contribution in [2.75, 3.05) is 26.8 Å². The van der Waals surface area contributed by atoms with Crippen LogP contribution in [0.15, 0.2) is 40.3 Å². The Labute approximate surface area is 167 Å². The molecule has 0 spiro atoms. The van der Waals surface area contributed by atoms with Crippen molar-refractivity contribution < 1.29 is 27.6 Å². The Morgan fingerprint density at radius 2 is 1.69 bits per heavy atom. The van der Waals surface area contributed by atoms with Crippen molar-refractivity contribution in [3.05, 3.63) is 46.0 Å². The minimum absolute atomic E-state index is 0.00538. The molecule has 0 radical (unpaired) electrons. The lowest BCUT2D eigenvalue weighted by Gasteiger charge is -2.14. The number of hydrogen-bond donors (Lipinski definition) is 2. The van der Waals surface area contributed by atoms with Crippen LogP contribution in [0.25, 0.3) is 0 Å².